The summed E-state index contributed by atoms with van der Waals surface area (Å²) < 4.78 is 0. The molecule has 2 rings (SSSR count). The maximum atomic E-state index is 10.9. The summed E-state index contributed by atoms with van der Waals surface area (Å²) in [6, 6.07) is 10.3. The van der Waals surface area contributed by atoms with E-state index in [1.807, 2.05) is 32.0 Å². The zero-order valence-corrected chi connectivity index (χ0v) is 12.7. The first-order chi connectivity index (χ1) is 9.33. The molecule has 0 amide bonds. The molecule has 2 aromatic rings. The van der Waals surface area contributed by atoms with Crippen molar-refractivity contribution in [2.24, 2.45) is 0 Å². The summed E-state index contributed by atoms with van der Waals surface area (Å²) >= 11 is 1.66. The molecule has 0 saturated heterocycles. The third kappa shape index (κ3) is 4.60. The van der Waals surface area contributed by atoms with Crippen LogP contribution in [0.15, 0.2) is 30.3 Å². The smallest absolute Gasteiger partial charge is 0.169 e. The first kappa shape index (κ1) is 15.6. The average Bonchev–Trinajstić information content (AvgIpc) is 2.91. The second-order valence-electron chi connectivity index (χ2n) is 3.87. The minimum absolute atomic E-state index is 0.628. The van der Waals surface area contributed by atoms with Crippen LogP contribution in [0.5, 0.6) is 0 Å². The Labute approximate surface area is 119 Å². The highest BCUT2D eigenvalue weighted by Gasteiger charge is 2.09. The largest absolute Gasteiger partial charge is 0.296 e. The predicted molar refractivity (Wildman–Crippen MR) is 82.1 cm³/mol. The van der Waals surface area contributed by atoms with Gasteiger partial charge in [-0.05, 0) is 24.8 Å². The zero-order chi connectivity index (χ0) is 14.1. The quantitative estimate of drug-likeness (QED) is 0.760. The number of thiazole rings is 1. The molecule has 1 heterocycles. The molecule has 0 atom stereocenters. The molecule has 0 radical (unpaired) electrons. The molecule has 0 aliphatic rings. The monoisotopic (exact) mass is 275 g/mol. The van der Waals surface area contributed by atoms with Crippen LogP contribution in [0.4, 0.5) is 0 Å². The number of hydrogen-bond acceptors (Lipinski definition) is 3. The number of aromatic nitrogens is 1. The number of aldehydes is 1. The van der Waals surface area contributed by atoms with Crippen LogP contribution >= 0.6 is 11.3 Å². The van der Waals surface area contributed by atoms with Gasteiger partial charge in [-0.15, -0.1) is 11.3 Å². The maximum absolute atomic E-state index is 10.9. The molecule has 0 N–H and O–H groups in total. The third-order valence-corrected chi connectivity index (χ3v) is 3.94. The molecule has 2 nitrogen and oxygen atoms in total. The van der Waals surface area contributed by atoms with Gasteiger partial charge in [-0.2, -0.15) is 0 Å². The van der Waals surface area contributed by atoms with Crippen LogP contribution in [0.3, 0.4) is 0 Å². The number of benzene rings is 1. The van der Waals surface area contributed by atoms with Crippen molar-refractivity contribution in [3.63, 3.8) is 0 Å². The van der Waals surface area contributed by atoms with E-state index in [0.717, 1.165) is 35.4 Å². The lowest BCUT2D eigenvalue weighted by molar-refractivity contribution is 0.111. The van der Waals surface area contributed by atoms with Crippen LogP contribution in [0.1, 0.15) is 46.7 Å². The van der Waals surface area contributed by atoms with Crippen molar-refractivity contribution in [3.05, 3.63) is 51.5 Å². The Hall–Kier alpha value is -1.48. The molecule has 3 heteroatoms. The van der Waals surface area contributed by atoms with Gasteiger partial charge in [0.15, 0.2) is 6.29 Å². The highest BCUT2D eigenvalue weighted by molar-refractivity contribution is 7.11. The summed E-state index contributed by atoms with van der Waals surface area (Å²) in [5, 5.41) is 1.05. The lowest BCUT2D eigenvalue weighted by Gasteiger charge is -1.99. The number of rotatable bonds is 5. The molecule has 0 bridgehead atoms. The van der Waals surface area contributed by atoms with Gasteiger partial charge < -0.3 is 0 Å². The van der Waals surface area contributed by atoms with E-state index in [2.05, 4.69) is 24.0 Å². The fraction of sp³-hybridized carbons (Fsp3) is 0.375. The lowest BCUT2D eigenvalue weighted by atomic mass is 10.1. The van der Waals surface area contributed by atoms with Gasteiger partial charge in [0.05, 0.1) is 5.01 Å². The number of hydrogen-bond donors (Lipinski definition) is 0. The second kappa shape index (κ2) is 8.59. The van der Waals surface area contributed by atoms with Gasteiger partial charge >= 0.3 is 0 Å². The molecule has 0 aliphatic heterocycles. The van der Waals surface area contributed by atoms with Crippen LogP contribution < -0.4 is 0 Å². The van der Waals surface area contributed by atoms with E-state index in [4.69, 9.17) is 0 Å². The minimum Gasteiger partial charge on any atom is -0.296 e. The molecule has 0 unspecified atom stereocenters. The van der Waals surface area contributed by atoms with E-state index in [-0.39, 0.29) is 0 Å². The van der Waals surface area contributed by atoms with Crippen LogP contribution in [0, 0.1) is 0 Å². The first-order valence-corrected chi connectivity index (χ1v) is 7.62. The summed E-state index contributed by atoms with van der Waals surface area (Å²) in [5.74, 6) is 0. The summed E-state index contributed by atoms with van der Waals surface area (Å²) in [7, 11) is 0. The van der Waals surface area contributed by atoms with Crippen LogP contribution in [-0.4, -0.2) is 11.3 Å². The summed E-state index contributed by atoms with van der Waals surface area (Å²) in [6.45, 7) is 6.06. The summed E-state index contributed by atoms with van der Waals surface area (Å²) in [5.41, 5.74) is 1.93. The zero-order valence-electron chi connectivity index (χ0n) is 11.8. The van der Waals surface area contributed by atoms with Gasteiger partial charge in [-0.25, -0.2) is 4.98 Å². The van der Waals surface area contributed by atoms with E-state index >= 15 is 0 Å². The van der Waals surface area contributed by atoms with Crippen molar-refractivity contribution < 1.29 is 4.79 Å². The Bertz CT molecular complexity index is 491. The number of nitrogens with zero attached hydrogens (tertiary/aromatic N) is 1. The molecule has 1 aromatic carbocycles. The fourth-order valence-electron chi connectivity index (χ4n) is 1.74. The SMILES string of the molecule is CC.CCc1nc(C=O)c(CCc2ccccc2)s1. The van der Waals surface area contributed by atoms with Crippen LogP contribution in [0.25, 0.3) is 0 Å². The standard InChI is InChI=1S/C14H15NOS.C2H6/c1-2-14-15-12(10-16)13(17-14)9-8-11-6-4-3-5-7-11;1-2/h3-7,10H,2,8-9H2,1H3;1-2H3. The van der Waals surface area contributed by atoms with Crippen molar-refractivity contribution >= 4 is 17.6 Å². The van der Waals surface area contributed by atoms with Crippen LogP contribution in [-0.2, 0) is 19.3 Å². The first-order valence-electron chi connectivity index (χ1n) is 6.81. The summed E-state index contributed by atoms with van der Waals surface area (Å²) in [4.78, 5) is 16.3. The molecule has 0 fully saturated rings. The Morgan fingerprint density at radius 3 is 2.42 bits per heavy atom. The minimum atomic E-state index is 0.628. The van der Waals surface area contributed by atoms with E-state index in [1.54, 1.807) is 11.3 Å². The van der Waals surface area contributed by atoms with Gasteiger partial charge in [-0.3, -0.25) is 4.79 Å². The van der Waals surface area contributed by atoms with Crippen molar-refractivity contribution in [2.45, 2.75) is 40.0 Å². The van der Waals surface area contributed by atoms with Gasteiger partial charge in [-0.1, -0.05) is 51.1 Å². The van der Waals surface area contributed by atoms with Gasteiger partial charge in [0, 0.05) is 4.88 Å². The normalized spacial score (nSPS) is 9.63. The highest BCUT2D eigenvalue weighted by Crippen LogP contribution is 2.20. The summed E-state index contributed by atoms with van der Waals surface area (Å²) in [6.07, 6.45) is 3.63. The molecular weight excluding hydrogens is 254 g/mol. The number of carbonyl (C=O) groups excluding carboxylic acids is 1. The van der Waals surface area contributed by atoms with Gasteiger partial charge in [0.2, 0.25) is 0 Å². The van der Waals surface area contributed by atoms with E-state index in [9.17, 15) is 4.79 Å². The van der Waals surface area contributed by atoms with Crippen molar-refractivity contribution in [1.29, 1.82) is 0 Å². The Morgan fingerprint density at radius 2 is 1.84 bits per heavy atom. The number of carbonyl (C=O) groups is 1. The Balaban J connectivity index is 0.000000861. The Morgan fingerprint density at radius 1 is 1.16 bits per heavy atom. The van der Waals surface area contributed by atoms with Crippen molar-refractivity contribution in [3.8, 4) is 0 Å². The third-order valence-electron chi connectivity index (χ3n) is 2.67. The molecule has 102 valence electrons. The molecule has 0 spiro atoms. The predicted octanol–water partition coefficient (Wildman–Crippen LogP) is 4.33. The van der Waals surface area contributed by atoms with Crippen molar-refractivity contribution in [1.82, 2.24) is 4.98 Å². The van der Waals surface area contributed by atoms with E-state index in [0.29, 0.717) is 5.69 Å². The van der Waals surface area contributed by atoms with Crippen LogP contribution in [0.2, 0.25) is 0 Å². The fourth-order valence-corrected chi connectivity index (χ4v) is 2.71. The van der Waals surface area contributed by atoms with Crippen molar-refractivity contribution in [2.75, 3.05) is 0 Å². The molecular formula is C16H21NOS. The average molecular weight is 275 g/mol. The maximum Gasteiger partial charge on any atom is 0.169 e. The van der Waals surface area contributed by atoms with E-state index in [1.165, 1.54) is 5.56 Å². The molecule has 0 aliphatic carbocycles. The molecule has 1 aromatic heterocycles. The Kier molecular flexibility index (Phi) is 7.04. The lowest BCUT2D eigenvalue weighted by Crippen LogP contribution is -1.93. The highest BCUT2D eigenvalue weighted by atomic mass is 32.1. The topological polar surface area (TPSA) is 30.0 Å². The van der Waals surface area contributed by atoms with Gasteiger partial charge in [0.25, 0.3) is 0 Å². The molecule has 0 saturated carbocycles. The number of aryl methyl sites for hydroxylation is 3. The molecule has 19 heavy (non-hydrogen) atoms. The van der Waals surface area contributed by atoms with Gasteiger partial charge in [0.1, 0.15) is 5.69 Å². The second-order valence-corrected chi connectivity index (χ2v) is 5.04. The van der Waals surface area contributed by atoms with E-state index < -0.39 is 0 Å².